The molecule has 0 radical (unpaired) electrons. The molecule has 0 aliphatic rings. The van der Waals surface area contributed by atoms with Crippen molar-refractivity contribution in [2.45, 2.75) is 12.7 Å². The summed E-state index contributed by atoms with van der Waals surface area (Å²) in [5.41, 5.74) is 0.336. The Bertz CT molecular complexity index is 643. The van der Waals surface area contributed by atoms with Gasteiger partial charge in [0.1, 0.15) is 11.4 Å². The van der Waals surface area contributed by atoms with Crippen molar-refractivity contribution in [3.8, 4) is 17.0 Å². The summed E-state index contributed by atoms with van der Waals surface area (Å²) in [7, 11) is 0. The summed E-state index contributed by atoms with van der Waals surface area (Å²) in [6, 6.07) is 6.75. The molecular formula is C13H13ClN2O2S. The fraction of sp³-hybridized carbons (Fsp3) is 0.231. The quantitative estimate of drug-likeness (QED) is 0.910. The highest BCUT2D eigenvalue weighted by molar-refractivity contribution is 7.98. The van der Waals surface area contributed by atoms with Crippen molar-refractivity contribution in [3.63, 3.8) is 0 Å². The minimum absolute atomic E-state index is 0.146. The zero-order valence-electron chi connectivity index (χ0n) is 10.3. The Kier molecular flexibility index (Phi) is 4.50. The number of thioether (sulfide) groups is 1. The Morgan fingerprint density at radius 1 is 1.47 bits per heavy atom. The Labute approximate surface area is 119 Å². The normalized spacial score (nSPS) is 10.6. The average Bonchev–Trinajstić information content (AvgIpc) is 2.35. The van der Waals surface area contributed by atoms with E-state index < -0.39 is 0 Å². The first kappa shape index (κ1) is 14.0. The van der Waals surface area contributed by atoms with Crippen molar-refractivity contribution in [1.29, 1.82) is 0 Å². The van der Waals surface area contributed by atoms with Crippen LogP contribution in [0.3, 0.4) is 0 Å². The SMILES string of the molecule is CCSCc1nc(O)c(-c2cccc(Cl)c2)c(=O)[nH]1. The number of rotatable bonds is 4. The lowest BCUT2D eigenvalue weighted by atomic mass is 10.1. The Hall–Kier alpha value is -1.46. The first-order valence-corrected chi connectivity index (χ1v) is 7.31. The summed E-state index contributed by atoms with van der Waals surface area (Å²) in [5, 5.41) is 10.4. The van der Waals surface area contributed by atoms with Gasteiger partial charge >= 0.3 is 0 Å². The van der Waals surface area contributed by atoms with E-state index in [2.05, 4.69) is 9.97 Å². The topological polar surface area (TPSA) is 66.0 Å². The summed E-state index contributed by atoms with van der Waals surface area (Å²) in [5.74, 6) is 1.69. The molecule has 19 heavy (non-hydrogen) atoms. The van der Waals surface area contributed by atoms with Gasteiger partial charge in [-0.15, -0.1) is 0 Å². The molecule has 0 saturated heterocycles. The molecule has 2 N–H and O–H groups in total. The molecular weight excluding hydrogens is 284 g/mol. The number of hydrogen-bond acceptors (Lipinski definition) is 4. The van der Waals surface area contributed by atoms with Crippen LogP contribution in [0.4, 0.5) is 0 Å². The van der Waals surface area contributed by atoms with E-state index in [1.165, 1.54) is 0 Å². The molecule has 0 amide bonds. The molecule has 1 heterocycles. The monoisotopic (exact) mass is 296 g/mol. The first-order chi connectivity index (χ1) is 9.11. The number of nitrogens with zero attached hydrogens (tertiary/aromatic N) is 1. The third-order valence-corrected chi connectivity index (χ3v) is 3.63. The smallest absolute Gasteiger partial charge is 0.262 e. The van der Waals surface area contributed by atoms with Crippen molar-refractivity contribution in [3.05, 3.63) is 45.5 Å². The summed E-state index contributed by atoms with van der Waals surface area (Å²) in [6.07, 6.45) is 0. The van der Waals surface area contributed by atoms with E-state index in [-0.39, 0.29) is 17.0 Å². The third-order valence-electron chi connectivity index (χ3n) is 2.51. The lowest BCUT2D eigenvalue weighted by molar-refractivity contribution is 0.451. The highest BCUT2D eigenvalue weighted by Crippen LogP contribution is 2.26. The standard InChI is InChI=1S/C13H13ClN2O2S/c1-2-19-7-10-15-12(17)11(13(18)16-10)8-4-3-5-9(14)6-8/h3-6H,2,7H2,1H3,(H2,15,16,17,18). The number of halogens is 1. The van der Waals surface area contributed by atoms with E-state index in [1.54, 1.807) is 36.0 Å². The maximum atomic E-state index is 12.0. The van der Waals surface area contributed by atoms with Crippen LogP contribution < -0.4 is 5.56 Å². The molecule has 0 aliphatic carbocycles. The van der Waals surface area contributed by atoms with Gasteiger partial charge in [-0.25, -0.2) is 0 Å². The zero-order valence-corrected chi connectivity index (χ0v) is 11.9. The highest BCUT2D eigenvalue weighted by atomic mass is 35.5. The predicted molar refractivity (Wildman–Crippen MR) is 78.8 cm³/mol. The molecule has 0 atom stereocenters. The van der Waals surface area contributed by atoms with Crippen LogP contribution in [-0.4, -0.2) is 20.8 Å². The third kappa shape index (κ3) is 3.30. The summed E-state index contributed by atoms with van der Waals surface area (Å²) in [4.78, 5) is 18.7. The first-order valence-electron chi connectivity index (χ1n) is 5.77. The van der Waals surface area contributed by atoms with Crippen LogP contribution in [-0.2, 0) is 5.75 Å². The van der Waals surface area contributed by atoms with Crippen molar-refractivity contribution in [2.75, 3.05) is 5.75 Å². The molecule has 0 saturated carbocycles. The molecule has 4 nitrogen and oxygen atoms in total. The van der Waals surface area contributed by atoms with E-state index in [1.807, 2.05) is 6.92 Å². The maximum Gasteiger partial charge on any atom is 0.262 e. The van der Waals surface area contributed by atoms with E-state index in [0.29, 0.717) is 22.2 Å². The zero-order chi connectivity index (χ0) is 13.8. The highest BCUT2D eigenvalue weighted by Gasteiger charge is 2.13. The molecule has 2 aromatic rings. The van der Waals surface area contributed by atoms with Crippen LogP contribution in [0, 0.1) is 0 Å². The molecule has 0 aliphatic heterocycles. The van der Waals surface area contributed by atoms with Gasteiger partial charge in [0.15, 0.2) is 0 Å². The van der Waals surface area contributed by atoms with E-state index >= 15 is 0 Å². The molecule has 1 aromatic carbocycles. The van der Waals surface area contributed by atoms with Crippen molar-refractivity contribution in [2.24, 2.45) is 0 Å². The van der Waals surface area contributed by atoms with Crippen LogP contribution >= 0.6 is 23.4 Å². The second-order valence-electron chi connectivity index (χ2n) is 3.86. The van der Waals surface area contributed by atoms with E-state index in [0.717, 1.165) is 5.75 Å². The van der Waals surface area contributed by atoms with Gasteiger partial charge in [0.05, 0.1) is 5.75 Å². The largest absolute Gasteiger partial charge is 0.493 e. The Balaban J connectivity index is 2.45. The van der Waals surface area contributed by atoms with Gasteiger partial charge in [-0.1, -0.05) is 30.7 Å². The lowest BCUT2D eigenvalue weighted by Crippen LogP contribution is -2.13. The molecule has 0 unspecified atom stereocenters. The van der Waals surface area contributed by atoms with Crippen LogP contribution in [0.15, 0.2) is 29.1 Å². The molecule has 0 spiro atoms. The fourth-order valence-corrected chi connectivity index (χ4v) is 2.40. The molecule has 0 bridgehead atoms. The molecule has 0 fully saturated rings. The predicted octanol–water partition coefficient (Wildman–Crippen LogP) is 3.05. The number of H-pyrrole nitrogens is 1. The van der Waals surface area contributed by atoms with Gasteiger partial charge < -0.3 is 10.1 Å². The van der Waals surface area contributed by atoms with Crippen LogP contribution in [0.25, 0.3) is 11.1 Å². The minimum Gasteiger partial charge on any atom is -0.493 e. The van der Waals surface area contributed by atoms with Gasteiger partial charge in [-0.2, -0.15) is 16.7 Å². The van der Waals surface area contributed by atoms with Gasteiger partial charge in [0.2, 0.25) is 5.88 Å². The minimum atomic E-state index is -0.360. The fourth-order valence-electron chi connectivity index (χ4n) is 1.68. The van der Waals surface area contributed by atoms with Crippen molar-refractivity contribution < 1.29 is 5.11 Å². The summed E-state index contributed by atoms with van der Waals surface area (Å²) >= 11 is 7.50. The van der Waals surface area contributed by atoms with Gasteiger partial charge in [-0.05, 0) is 23.4 Å². The summed E-state index contributed by atoms with van der Waals surface area (Å²) < 4.78 is 0. The molecule has 100 valence electrons. The second kappa shape index (κ2) is 6.12. The number of aromatic amines is 1. The average molecular weight is 297 g/mol. The number of aromatic nitrogens is 2. The number of nitrogens with one attached hydrogen (secondary N) is 1. The van der Waals surface area contributed by atoms with Crippen molar-refractivity contribution >= 4 is 23.4 Å². The van der Waals surface area contributed by atoms with Gasteiger partial charge in [0.25, 0.3) is 5.56 Å². The van der Waals surface area contributed by atoms with E-state index in [9.17, 15) is 9.90 Å². The Morgan fingerprint density at radius 2 is 2.26 bits per heavy atom. The molecule has 6 heteroatoms. The van der Waals surface area contributed by atoms with Crippen LogP contribution in [0.5, 0.6) is 5.88 Å². The van der Waals surface area contributed by atoms with Gasteiger partial charge in [-0.3, -0.25) is 4.79 Å². The Morgan fingerprint density at radius 3 is 2.89 bits per heavy atom. The van der Waals surface area contributed by atoms with Gasteiger partial charge in [0, 0.05) is 5.02 Å². The summed E-state index contributed by atoms with van der Waals surface area (Å²) in [6.45, 7) is 2.02. The maximum absolute atomic E-state index is 12.0. The molecule has 2 rings (SSSR count). The number of benzene rings is 1. The van der Waals surface area contributed by atoms with Crippen LogP contribution in [0.1, 0.15) is 12.7 Å². The van der Waals surface area contributed by atoms with E-state index in [4.69, 9.17) is 11.6 Å². The second-order valence-corrected chi connectivity index (χ2v) is 5.57. The molecule has 1 aromatic heterocycles. The van der Waals surface area contributed by atoms with Crippen molar-refractivity contribution in [1.82, 2.24) is 9.97 Å². The lowest BCUT2D eigenvalue weighted by Gasteiger charge is -2.06. The number of aromatic hydroxyl groups is 1. The van der Waals surface area contributed by atoms with Crippen LogP contribution in [0.2, 0.25) is 5.02 Å². The number of hydrogen-bond donors (Lipinski definition) is 2.